The summed E-state index contributed by atoms with van der Waals surface area (Å²) in [6.07, 6.45) is 3.68. The molecule has 158 valence electrons. The number of halogens is 1. The standard InChI is InChI=1S/C24H27ClN2OS2/c1-17-12-14-27(15-13-17)24(28)21(11-10-18-6-2-4-8-20(18)25)26-30-23-16-29-22-9-5-3-7-19(22)23/h2-9,16-17,21,26H,10-15H2,1H3. The van der Waals surface area contributed by atoms with E-state index in [0.29, 0.717) is 5.92 Å². The highest BCUT2D eigenvalue weighted by Crippen LogP contribution is 2.32. The zero-order chi connectivity index (χ0) is 20.9. The van der Waals surface area contributed by atoms with Crippen molar-refractivity contribution < 1.29 is 4.79 Å². The molecule has 1 atom stereocenters. The summed E-state index contributed by atoms with van der Waals surface area (Å²) in [5.74, 6) is 0.913. The molecular weight excluding hydrogens is 432 g/mol. The number of benzene rings is 2. The van der Waals surface area contributed by atoms with Gasteiger partial charge in [-0.05, 0) is 61.2 Å². The number of aryl methyl sites for hydroxylation is 1. The maximum absolute atomic E-state index is 13.4. The van der Waals surface area contributed by atoms with Gasteiger partial charge in [-0.3, -0.25) is 4.79 Å². The fourth-order valence-electron chi connectivity index (χ4n) is 3.85. The summed E-state index contributed by atoms with van der Waals surface area (Å²) < 4.78 is 4.77. The predicted molar refractivity (Wildman–Crippen MR) is 129 cm³/mol. The second-order valence-corrected chi connectivity index (χ2v) is 10.2. The lowest BCUT2D eigenvalue weighted by Crippen LogP contribution is -2.47. The average molecular weight is 459 g/mol. The summed E-state index contributed by atoms with van der Waals surface area (Å²) in [5, 5.41) is 4.18. The summed E-state index contributed by atoms with van der Waals surface area (Å²) in [6, 6.07) is 16.1. The molecule has 0 spiro atoms. The van der Waals surface area contributed by atoms with Crippen LogP contribution < -0.4 is 4.72 Å². The summed E-state index contributed by atoms with van der Waals surface area (Å²) in [7, 11) is 0. The molecule has 1 aliphatic heterocycles. The Hall–Kier alpha value is -1.53. The molecule has 1 amide bonds. The van der Waals surface area contributed by atoms with Gasteiger partial charge in [0.2, 0.25) is 5.91 Å². The number of hydrogen-bond acceptors (Lipinski definition) is 4. The number of carbonyl (C=O) groups is 1. The van der Waals surface area contributed by atoms with Crippen LogP contribution in [0.25, 0.3) is 10.1 Å². The van der Waals surface area contributed by atoms with Crippen LogP contribution in [0.15, 0.2) is 58.8 Å². The van der Waals surface area contributed by atoms with E-state index < -0.39 is 0 Å². The van der Waals surface area contributed by atoms with Crippen molar-refractivity contribution in [1.29, 1.82) is 0 Å². The minimum Gasteiger partial charge on any atom is -0.341 e. The second-order valence-electron chi connectivity index (χ2n) is 8.01. The Kier molecular flexibility index (Phi) is 7.37. The van der Waals surface area contributed by atoms with Crippen LogP contribution >= 0.6 is 34.9 Å². The summed E-state index contributed by atoms with van der Waals surface area (Å²) in [6.45, 7) is 3.99. The van der Waals surface area contributed by atoms with Crippen molar-refractivity contribution in [2.75, 3.05) is 13.1 Å². The number of carbonyl (C=O) groups excluding carboxylic acids is 1. The summed E-state index contributed by atoms with van der Waals surface area (Å²) in [5.41, 5.74) is 1.09. The molecule has 0 aliphatic carbocycles. The highest BCUT2D eigenvalue weighted by atomic mass is 35.5. The number of piperidine rings is 1. The molecule has 1 aromatic heterocycles. The molecule has 1 saturated heterocycles. The minimum absolute atomic E-state index is 0.209. The summed E-state index contributed by atoms with van der Waals surface area (Å²) in [4.78, 5) is 16.6. The molecule has 1 aliphatic rings. The monoisotopic (exact) mass is 458 g/mol. The van der Waals surface area contributed by atoms with Crippen molar-refractivity contribution in [3.8, 4) is 0 Å². The van der Waals surface area contributed by atoms with Gasteiger partial charge in [-0.25, -0.2) is 4.72 Å². The second kappa shape index (κ2) is 10.2. The van der Waals surface area contributed by atoms with Gasteiger partial charge in [0, 0.05) is 38.5 Å². The smallest absolute Gasteiger partial charge is 0.240 e. The van der Waals surface area contributed by atoms with Gasteiger partial charge in [-0.15, -0.1) is 11.3 Å². The van der Waals surface area contributed by atoms with E-state index in [1.807, 2.05) is 29.2 Å². The lowest BCUT2D eigenvalue weighted by atomic mass is 9.98. The topological polar surface area (TPSA) is 32.3 Å². The predicted octanol–water partition coefficient (Wildman–Crippen LogP) is 6.41. The van der Waals surface area contributed by atoms with Crippen LogP contribution in [0.5, 0.6) is 0 Å². The maximum atomic E-state index is 13.4. The van der Waals surface area contributed by atoms with Gasteiger partial charge in [0.25, 0.3) is 0 Å². The summed E-state index contributed by atoms with van der Waals surface area (Å²) >= 11 is 9.67. The molecule has 2 heterocycles. The van der Waals surface area contributed by atoms with Crippen LogP contribution in [0.4, 0.5) is 0 Å². The Labute approximate surface area is 191 Å². The van der Waals surface area contributed by atoms with Crippen molar-refractivity contribution in [3.05, 3.63) is 64.5 Å². The van der Waals surface area contributed by atoms with E-state index in [1.54, 1.807) is 23.3 Å². The first-order valence-corrected chi connectivity index (χ1v) is 12.6. The maximum Gasteiger partial charge on any atom is 0.240 e. The Balaban J connectivity index is 1.47. The number of nitrogens with one attached hydrogen (secondary N) is 1. The Morgan fingerprint density at radius 2 is 1.93 bits per heavy atom. The SMILES string of the molecule is CC1CCN(C(=O)C(CCc2ccccc2Cl)NSc2csc3ccccc23)CC1. The Morgan fingerprint density at radius 3 is 2.73 bits per heavy atom. The van der Waals surface area contributed by atoms with Crippen molar-refractivity contribution >= 4 is 50.9 Å². The Bertz CT molecular complexity index is 998. The van der Waals surface area contributed by atoms with E-state index in [0.717, 1.165) is 49.4 Å². The van der Waals surface area contributed by atoms with Crippen molar-refractivity contribution in [3.63, 3.8) is 0 Å². The third-order valence-electron chi connectivity index (χ3n) is 5.81. The largest absolute Gasteiger partial charge is 0.341 e. The number of likely N-dealkylation sites (tertiary alicyclic amines) is 1. The van der Waals surface area contributed by atoms with Crippen LogP contribution in [0, 0.1) is 5.92 Å². The van der Waals surface area contributed by atoms with E-state index in [2.05, 4.69) is 41.3 Å². The van der Waals surface area contributed by atoms with Gasteiger partial charge in [0.1, 0.15) is 0 Å². The van der Waals surface area contributed by atoms with E-state index >= 15 is 0 Å². The van der Waals surface area contributed by atoms with Gasteiger partial charge in [0.05, 0.1) is 6.04 Å². The normalized spacial score (nSPS) is 16.1. The molecule has 0 bridgehead atoms. The molecule has 0 saturated carbocycles. The molecule has 0 radical (unpaired) electrons. The number of nitrogens with zero attached hydrogens (tertiary/aromatic N) is 1. The number of rotatable bonds is 7. The molecular formula is C24H27ClN2OS2. The van der Waals surface area contributed by atoms with Crippen LogP contribution in [-0.2, 0) is 11.2 Å². The van der Waals surface area contributed by atoms with Gasteiger partial charge in [-0.2, -0.15) is 0 Å². The number of fused-ring (bicyclic) bond motifs is 1. The van der Waals surface area contributed by atoms with Gasteiger partial charge >= 0.3 is 0 Å². The van der Waals surface area contributed by atoms with Gasteiger partial charge in [0.15, 0.2) is 0 Å². The van der Waals surface area contributed by atoms with Crippen LogP contribution in [0.2, 0.25) is 5.02 Å². The zero-order valence-electron chi connectivity index (χ0n) is 17.1. The molecule has 6 heteroatoms. The Morgan fingerprint density at radius 1 is 1.20 bits per heavy atom. The molecule has 2 aromatic carbocycles. The van der Waals surface area contributed by atoms with Crippen LogP contribution in [-0.4, -0.2) is 29.9 Å². The van der Waals surface area contributed by atoms with Crippen molar-refractivity contribution in [1.82, 2.24) is 9.62 Å². The van der Waals surface area contributed by atoms with E-state index in [1.165, 1.54) is 15.0 Å². The number of hydrogen-bond donors (Lipinski definition) is 1. The molecule has 1 unspecified atom stereocenters. The number of thiophene rings is 1. The molecule has 1 fully saturated rings. The van der Waals surface area contributed by atoms with Crippen LogP contribution in [0.3, 0.4) is 0 Å². The minimum atomic E-state index is -0.238. The lowest BCUT2D eigenvalue weighted by molar-refractivity contribution is -0.134. The quantitative estimate of drug-likeness (QED) is 0.415. The van der Waals surface area contributed by atoms with Gasteiger partial charge in [-0.1, -0.05) is 54.9 Å². The van der Waals surface area contributed by atoms with Crippen molar-refractivity contribution in [2.45, 2.75) is 43.5 Å². The fourth-order valence-corrected chi connectivity index (χ4v) is 6.08. The lowest BCUT2D eigenvalue weighted by Gasteiger charge is -2.33. The third-order valence-corrected chi connectivity index (χ3v) is 8.25. The van der Waals surface area contributed by atoms with E-state index in [9.17, 15) is 4.79 Å². The number of amides is 1. The fraction of sp³-hybridized carbons (Fsp3) is 0.375. The zero-order valence-corrected chi connectivity index (χ0v) is 19.5. The molecule has 4 rings (SSSR count). The van der Waals surface area contributed by atoms with Crippen molar-refractivity contribution in [2.24, 2.45) is 5.92 Å². The highest BCUT2D eigenvalue weighted by molar-refractivity contribution is 7.97. The average Bonchev–Trinajstić information content (AvgIpc) is 3.18. The molecule has 30 heavy (non-hydrogen) atoms. The first-order valence-electron chi connectivity index (χ1n) is 10.5. The molecule has 3 nitrogen and oxygen atoms in total. The van der Waals surface area contributed by atoms with Gasteiger partial charge < -0.3 is 4.90 Å². The van der Waals surface area contributed by atoms with E-state index in [-0.39, 0.29) is 11.9 Å². The molecule has 1 N–H and O–H groups in total. The van der Waals surface area contributed by atoms with E-state index in [4.69, 9.17) is 11.6 Å². The third kappa shape index (κ3) is 5.20. The highest BCUT2D eigenvalue weighted by Gasteiger charge is 2.27. The van der Waals surface area contributed by atoms with Crippen LogP contribution in [0.1, 0.15) is 31.7 Å². The molecule has 3 aromatic rings. The first-order chi connectivity index (χ1) is 14.6. The first kappa shape index (κ1) is 21.7.